The van der Waals surface area contributed by atoms with E-state index in [1.165, 1.54) is 11.3 Å². The van der Waals surface area contributed by atoms with Crippen molar-refractivity contribution in [3.05, 3.63) is 22.4 Å². The van der Waals surface area contributed by atoms with Gasteiger partial charge in [-0.25, -0.2) is 0 Å². The zero-order chi connectivity index (χ0) is 19.1. The third-order valence-corrected chi connectivity index (χ3v) is 6.73. The van der Waals surface area contributed by atoms with Crippen molar-refractivity contribution in [1.29, 1.82) is 0 Å². The lowest BCUT2D eigenvalue weighted by Gasteiger charge is -2.49. The number of rotatable bonds is 8. The second-order valence-electron chi connectivity index (χ2n) is 7.66. The van der Waals surface area contributed by atoms with E-state index in [0.29, 0.717) is 25.8 Å². The van der Waals surface area contributed by atoms with E-state index in [2.05, 4.69) is 22.2 Å². The third-order valence-electron chi connectivity index (χ3n) is 5.82. The fourth-order valence-electron chi connectivity index (χ4n) is 4.00. The van der Waals surface area contributed by atoms with Crippen molar-refractivity contribution in [3.8, 4) is 0 Å². The van der Waals surface area contributed by atoms with Gasteiger partial charge in [0.15, 0.2) is 5.78 Å². The van der Waals surface area contributed by atoms with Gasteiger partial charge < -0.3 is 15.0 Å². The Kier molecular flexibility index (Phi) is 7.41. The van der Waals surface area contributed by atoms with Crippen molar-refractivity contribution in [2.45, 2.75) is 37.6 Å². The number of nitrogens with one attached hydrogen (secondary N) is 1. The van der Waals surface area contributed by atoms with Crippen LogP contribution in [0.25, 0.3) is 0 Å². The number of morpholine rings is 1. The number of Topliss-reactive ketones (excluding diaryl/α,β-unsaturated/α-hetero) is 1. The van der Waals surface area contributed by atoms with E-state index in [1.807, 2.05) is 17.5 Å². The molecular weight excluding hydrogens is 362 g/mol. The van der Waals surface area contributed by atoms with E-state index in [0.717, 1.165) is 57.1 Å². The topological polar surface area (TPSA) is 61.9 Å². The largest absolute Gasteiger partial charge is 0.379 e. The highest BCUT2D eigenvalue weighted by Gasteiger charge is 2.39. The van der Waals surface area contributed by atoms with Gasteiger partial charge in [-0.3, -0.25) is 14.5 Å². The molecule has 2 fully saturated rings. The summed E-state index contributed by atoms with van der Waals surface area (Å²) in [5, 5.41) is 5.07. The maximum Gasteiger partial charge on any atom is 0.220 e. The number of ketones is 1. The SMILES string of the molecule is CN1CCC(CNC(=O)CCCC(=O)c2cccs2)(N2CCOCC2)CC1. The number of nitrogens with zero attached hydrogens (tertiary/aromatic N) is 2. The number of hydrogen-bond acceptors (Lipinski definition) is 6. The second kappa shape index (κ2) is 9.78. The Labute approximate surface area is 165 Å². The monoisotopic (exact) mass is 393 g/mol. The van der Waals surface area contributed by atoms with Crippen molar-refractivity contribution in [3.63, 3.8) is 0 Å². The first kappa shape index (κ1) is 20.5. The lowest BCUT2D eigenvalue weighted by Crippen LogP contribution is -2.62. The van der Waals surface area contributed by atoms with E-state index in [4.69, 9.17) is 4.74 Å². The molecule has 0 unspecified atom stereocenters. The first-order chi connectivity index (χ1) is 13.1. The molecule has 7 heteroatoms. The summed E-state index contributed by atoms with van der Waals surface area (Å²) in [6.07, 6.45) is 3.60. The van der Waals surface area contributed by atoms with Crippen LogP contribution in [0.1, 0.15) is 41.8 Å². The molecule has 27 heavy (non-hydrogen) atoms. The van der Waals surface area contributed by atoms with E-state index in [9.17, 15) is 9.59 Å². The van der Waals surface area contributed by atoms with Crippen LogP contribution < -0.4 is 5.32 Å². The average molecular weight is 394 g/mol. The molecule has 1 aromatic rings. The molecule has 0 spiro atoms. The fraction of sp³-hybridized carbons (Fsp3) is 0.700. The van der Waals surface area contributed by atoms with Gasteiger partial charge in [-0.15, -0.1) is 11.3 Å². The Hall–Kier alpha value is -1.28. The summed E-state index contributed by atoms with van der Waals surface area (Å²) in [5.74, 6) is 0.193. The lowest BCUT2D eigenvalue weighted by atomic mass is 9.85. The van der Waals surface area contributed by atoms with Gasteiger partial charge in [0.1, 0.15) is 0 Å². The molecule has 0 aromatic carbocycles. The number of likely N-dealkylation sites (tertiary alicyclic amines) is 1. The maximum absolute atomic E-state index is 12.4. The van der Waals surface area contributed by atoms with Crippen LogP contribution in [-0.2, 0) is 9.53 Å². The summed E-state index contributed by atoms with van der Waals surface area (Å²) in [7, 11) is 2.16. The maximum atomic E-state index is 12.4. The molecule has 3 rings (SSSR count). The Balaban J connectivity index is 1.46. The number of hydrogen-bond donors (Lipinski definition) is 1. The summed E-state index contributed by atoms with van der Waals surface area (Å²) in [5.41, 5.74) is 0.0404. The minimum absolute atomic E-state index is 0.0404. The van der Waals surface area contributed by atoms with Crippen molar-refractivity contribution in [2.24, 2.45) is 0 Å². The van der Waals surface area contributed by atoms with Gasteiger partial charge in [-0.05, 0) is 50.8 Å². The van der Waals surface area contributed by atoms with Gasteiger partial charge in [0.2, 0.25) is 5.91 Å². The first-order valence-corrected chi connectivity index (χ1v) is 10.8. The third kappa shape index (κ3) is 5.60. The summed E-state index contributed by atoms with van der Waals surface area (Å²) >= 11 is 1.46. The van der Waals surface area contributed by atoms with Gasteiger partial charge in [0.05, 0.1) is 18.1 Å². The zero-order valence-corrected chi connectivity index (χ0v) is 17.1. The van der Waals surface area contributed by atoms with Gasteiger partial charge in [-0.2, -0.15) is 0 Å². The highest BCUT2D eigenvalue weighted by atomic mass is 32.1. The van der Waals surface area contributed by atoms with E-state index in [-0.39, 0.29) is 17.2 Å². The number of thiophene rings is 1. The van der Waals surface area contributed by atoms with Gasteiger partial charge in [0, 0.05) is 38.0 Å². The van der Waals surface area contributed by atoms with Crippen LogP contribution in [0.2, 0.25) is 0 Å². The Morgan fingerprint density at radius 1 is 1.19 bits per heavy atom. The van der Waals surface area contributed by atoms with E-state index >= 15 is 0 Å². The van der Waals surface area contributed by atoms with Crippen molar-refractivity contribution in [1.82, 2.24) is 15.1 Å². The number of amides is 1. The van der Waals surface area contributed by atoms with Crippen LogP contribution in [0, 0.1) is 0 Å². The van der Waals surface area contributed by atoms with Gasteiger partial charge in [-0.1, -0.05) is 6.07 Å². The minimum Gasteiger partial charge on any atom is -0.379 e. The fourth-order valence-corrected chi connectivity index (χ4v) is 4.69. The molecule has 2 aliphatic rings. The number of piperidine rings is 1. The molecule has 0 saturated carbocycles. The molecule has 150 valence electrons. The summed E-state index contributed by atoms with van der Waals surface area (Å²) in [6.45, 7) is 6.24. The van der Waals surface area contributed by atoms with Crippen molar-refractivity contribution < 1.29 is 14.3 Å². The van der Waals surface area contributed by atoms with E-state index in [1.54, 1.807) is 0 Å². The predicted octanol–water partition coefficient (Wildman–Crippen LogP) is 2.01. The Bertz CT molecular complexity index is 606. The number of carbonyl (C=O) groups is 2. The normalized spacial score (nSPS) is 21.1. The Morgan fingerprint density at radius 2 is 1.93 bits per heavy atom. The lowest BCUT2D eigenvalue weighted by molar-refractivity contribution is -0.122. The molecule has 6 nitrogen and oxygen atoms in total. The second-order valence-corrected chi connectivity index (χ2v) is 8.61. The summed E-state index contributed by atoms with van der Waals surface area (Å²) < 4.78 is 5.52. The molecule has 3 heterocycles. The average Bonchev–Trinajstić information content (AvgIpc) is 3.23. The Morgan fingerprint density at radius 3 is 2.59 bits per heavy atom. The zero-order valence-electron chi connectivity index (χ0n) is 16.2. The van der Waals surface area contributed by atoms with Crippen LogP contribution in [0.5, 0.6) is 0 Å². The molecule has 0 atom stereocenters. The first-order valence-electron chi connectivity index (χ1n) is 9.94. The predicted molar refractivity (Wildman–Crippen MR) is 107 cm³/mol. The van der Waals surface area contributed by atoms with Gasteiger partial charge in [0.25, 0.3) is 0 Å². The highest BCUT2D eigenvalue weighted by molar-refractivity contribution is 7.12. The molecule has 0 bridgehead atoms. The molecule has 1 aromatic heterocycles. The van der Waals surface area contributed by atoms with E-state index < -0.39 is 0 Å². The summed E-state index contributed by atoms with van der Waals surface area (Å²) in [4.78, 5) is 30.1. The van der Waals surface area contributed by atoms with Crippen LogP contribution in [0.3, 0.4) is 0 Å². The van der Waals surface area contributed by atoms with Crippen LogP contribution in [0.4, 0.5) is 0 Å². The molecule has 2 saturated heterocycles. The van der Waals surface area contributed by atoms with Crippen LogP contribution >= 0.6 is 11.3 Å². The standard InChI is InChI=1S/C20H31N3O3S/c1-22-9-7-20(8-10-22,23-11-13-26-14-12-23)16-21-19(25)6-2-4-17(24)18-5-3-15-27-18/h3,5,15H,2,4,6-14,16H2,1H3,(H,21,25). The van der Waals surface area contributed by atoms with Gasteiger partial charge >= 0.3 is 0 Å². The smallest absolute Gasteiger partial charge is 0.220 e. The molecule has 0 aliphatic carbocycles. The molecule has 1 N–H and O–H groups in total. The molecule has 0 radical (unpaired) electrons. The minimum atomic E-state index is 0.0404. The van der Waals surface area contributed by atoms with Crippen molar-refractivity contribution >= 4 is 23.0 Å². The quantitative estimate of drug-likeness (QED) is 0.685. The number of carbonyl (C=O) groups excluding carboxylic acids is 2. The van der Waals surface area contributed by atoms with Crippen molar-refractivity contribution in [2.75, 3.05) is 53.0 Å². The molecular formula is C20H31N3O3S. The van der Waals surface area contributed by atoms with Crippen LogP contribution in [0.15, 0.2) is 17.5 Å². The van der Waals surface area contributed by atoms with Crippen LogP contribution in [-0.4, -0.2) is 80.0 Å². The summed E-state index contributed by atoms with van der Waals surface area (Å²) in [6, 6.07) is 3.73. The molecule has 2 aliphatic heterocycles. The molecule has 1 amide bonds. The number of ether oxygens (including phenoxy) is 1. The highest BCUT2D eigenvalue weighted by Crippen LogP contribution is 2.29.